The van der Waals surface area contributed by atoms with Crippen molar-refractivity contribution in [1.29, 1.82) is 0 Å². The number of aryl methyl sites for hydroxylation is 1. The van der Waals surface area contributed by atoms with E-state index >= 15 is 0 Å². The van der Waals surface area contributed by atoms with Crippen LogP contribution in [0, 0.1) is 0 Å². The lowest BCUT2D eigenvalue weighted by atomic mass is 10.0. The molecule has 3 aromatic rings. The largest absolute Gasteiger partial charge is 0.464 e. The van der Waals surface area contributed by atoms with Crippen LogP contribution in [0.5, 0.6) is 0 Å². The van der Waals surface area contributed by atoms with Gasteiger partial charge in [0.2, 0.25) is 0 Å². The number of aliphatic hydroxyl groups is 1. The Morgan fingerprint density at radius 2 is 2.18 bits per heavy atom. The van der Waals surface area contributed by atoms with Crippen LogP contribution < -0.4 is 0 Å². The second-order valence-electron chi connectivity index (χ2n) is 4.04. The first-order valence-electron chi connectivity index (χ1n) is 5.38. The number of aliphatic hydroxyl groups excluding tert-OH is 1. The van der Waals surface area contributed by atoms with E-state index in [4.69, 9.17) is 4.42 Å². The zero-order valence-electron chi connectivity index (χ0n) is 9.37. The number of fused-ring (bicyclic) bond motifs is 1. The van der Waals surface area contributed by atoms with E-state index in [-0.39, 0.29) is 0 Å². The van der Waals surface area contributed by atoms with Crippen LogP contribution in [0.25, 0.3) is 11.0 Å². The van der Waals surface area contributed by atoms with Crippen LogP contribution in [0.2, 0.25) is 0 Å². The number of aromatic nitrogens is 2. The monoisotopic (exact) mass is 228 g/mol. The minimum absolute atomic E-state index is 0.702. The molecular weight excluding hydrogens is 216 g/mol. The zero-order chi connectivity index (χ0) is 11.8. The molecule has 0 amide bonds. The Balaban J connectivity index is 2.09. The van der Waals surface area contributed by atoms with Gasteiger partial charge in [-0.15, -0.1) is 0 Å². The van der Waals surface area contributed by atoms with Gasteiger partial charge in [-0.1, -0.05) is 18.2 Å². The molecule has 0 spiro atoms. The number of rotatable bonds is 2. The molecule has 17 heavy (non-hydrogen) atoms. The summed E-state index contributed by atoms with van der Waals surface area (Å²) in [6.45, 7) is 0. The van der Waals surface area contributed by atoms with Crippen LogP contribution in [0.15, 0.2) is 47.3 Å². The minimum atomic E-state index is -0.702. The molecule has 0 aliphatic rings. The molecule has 0 aliphatic carbocycles. The summed E-state index contributed by atoms with van der Waals surface area (Å²) >= 11 is 0. The molecule has 1 N–H and O–H groups in total. The molecule has 1 aromatic carbocycles. The Morgan fingerprint density at radius 3 is 2.94 bits per heavy atom. The predicted molar refractivity (Wildman–Crippen MR) is 63.5 cm³/mol. The highest BCUT2D eigenvalue weighted by Gasteiger charge is 2.17. The number of hydrogen-bond acceptors (Lipinski definition) is 3. The fraction of sp³-hybridized carbons (Fsp3) is 0.154. The van der Waals surface area contributed by atoms with Crippen molar-refractivity contribution in [2.24, 2.45) is 7.05 Å². The van der Waals surface area contributed by atoms with E-state index in [2.05, 4.69) is 5.10 Å². The first kappa shape index (κ1) is 10.1. The standard InChI is InChI=1S/C13H12N2O2/c1-15-7-9(6-14-15)13(16)11-8-17-12-5-3-2-4-10(11)12/h2-8,13,16H,1H3. The van der Waals surface area contributed by atoms with E-state index in [0.717, 1.165) is 22.1 Å². The van der Waals surface area contributed by atoms with Gasteiger partial charge in [0, 0.05) is 29.8 Å². The van der Waals surface area contributed by atoms with Crippen molar-refractivity contribution in [3.8, 4) is 0 Å². The van der Waals surface area contributed by atoms with Gasteiger partial charge in [0.05, 0.1) is 12.5 Å². The van der Waals surface area contributed by atoms with Crippen molar-refractivity contribution in [3.63, 3.8) is 0 Å². The van der Waals surface area contributed by atoms with Crippen LogP contribution in [-0.4, -0.2) is 14.9 Å². The number of benzene rings is 1. The molecule has 0 fully saturated rings. The van der Waals surface area contributed by atoms with E-state index in [0.29, 0.717) is 0 Å². The highest BCUT2D eigenvalue weighted by Crippen LogP contribution is 2.29. The summed E-state index contributed by atoms with van der Waals surface area (Å²) in [5.74, 6) is 0. The maximum Gasteiger partial charge on any atom is 0.134 e. The topological polar surface area (TPSA) is 51.2 Å². The van der Waals surface area contributed by atoms with Crippen LogP contribution >= 0.6 is 0 Å². The summed E-state index contributed by atoms with van der Waals surface area (Å²) in [5, 5.41) is 15.3. The van der Waals surface area contributed by atoms with Crippen molar-refractivity contribution in [2.45, 2.75) is 6.10 Å². The Morgan fingerprint density at radius 1 is 1.35 bits per heavy atom. The summed E-state index contributed by atoms with van der Waals surface area (Å²) in [7, 11) is 1.82. The fourth-order valence-corrected chi connectivity index (χ4v) is 1.97. The van der Waals surface area contributed by atoms with Gasteiger partial charge >= 0.3 is 0 Å². The fourth-order valence-electron chi connectivity index (χ4n) is 1.97. The van der Waals surface area contributed by atoms with Crippen LogP contribution in [0.1, 0.15) is 17.2 Å². The molecule has 1 atom stereocenters. The number of nitrogens with zero attached hydrogens (tertiary/aromatic N) is 2. The Bertz CT molecular complexity index is 654. The molecule has 2 heterocycles. The molecule has 0 saturated carbocycles. The second-order valence-corrected chi connectivity index (χ2v) is 4.04. The second kappa shape index (κ2) is 3.75. The molecule has 86 valence electrons. The molecule has 3 rings (SSSR count). The first-order valence-corrected chi connectivity index (χ1v) is 5.38. The third-order valence-corrected chi connectivity index (χ3v) is 2.85. The summed E-state index contributed by atoms with van der Waals surface area (Å²) < 4.78 is 7.08. The highest BCUT2D eigenvalue weighted by molar-refractivity contribution is 5.81. The molecule has 1 unspecified atom stereocenters. The molecule has 0 aliphatic heterocycles. The number of hydrogen-bond donors (Lipinski definition) is 1. The highest BCUT2D eigenvalue weighted by atomic mass is 16.3. The molecule has 0 saturated heterocycles. The smallest absolute Gasteiger partial charge is 0.134 e. The van der Waals surface area contributed by atoms with Gasteiger partial charge < -0.3 is 9.52 Å². The average molecular weight is 228 g/mol. The molecular formula is C13H12N2O2. The maximum absolute atomic E-state index is 10.3. The lowest BCUT2D eigenvalue weighted by Crippen LogP contribution is -1.97. The van der Waals surface area contributed by atoms with Crippen molar-refractivity contribution in [3.05, 3.63) is 54.0 Å². The van der Waals surface area contributed by atoms with Crippen LogP contribution in [0.4, 0.5) is 0 Å². The Kier molecular flexibility index (Phi) is 2.23. The van der Waals surface area contributed by atoms with E-state index in [1.54, 1.807) is 23.3 Å². The predicted octanol–water partition coefficient (Wildman–Crippen LogP) is 2.25. The summed E-state index contributed by atoms with van der Waals surface area (Å²) in [4.78, 5) is 0. The van der Waals surface area contributed by atoms with Gasteiger partial charge in [-0.05, 0) is 6.07 Å². The normalized spacial score (nSPS) is 13.1. The summed E-state index contributed by atoms with van der Waals surface area (Å²) in [5.41, 5.74) is 2.32. The zero-order valence-corrected chi connectivity index (χ0v) is 9.37. The molecule has 4 heteroatoms. The molecule has 4 nitrogen and oxygen atoms in total. The number of para-hydroxylation sites is 1. The van der Waals surface area contributed by atoms with Crippen LogP contribution in [0.3, 0.4) is 0 Å². The van der Waals surface area contributed by atoms with Gasteiger partial charge in [-0.3, -0.25) is 4.68 Å². The van der Waals surface area contributed by atoms with Gasteiger partial charge in [-0.2, -0.15) is 5.10 Å². The van der Waals surface area contributed by atoms with Gasteiger partial charge in [0.1, 0.15) is 11.7 Å². The van der Waals surface area contributed by atoms with Crippen LogP contribution in [-0.2, 0) is 7.05 Å². The lowest BCUT2D eigenvalue weighted by Gasteiger charge is -2.05. The van der Waals surface area contributed by atoms with Crippen molar-refractivity contribution < 1.29 is 9.52 Å². The SMILES string of the molecule is Cn1cc(C(O)c2coc3ccccc23)cn1. The van der Waals surface area contributed by atoms with Crippen molar-refractivity contribution in [1.82, 2.24) is 9.78 Å². The molecule has 0 bridgehead atoms. The summed E-state index contributed by atoms with van der Waals surface area (Å²) in [6.07, 6.45) is 4.36. The van der Waals surface area contributed by atoms with Gasteiger partial charge in [0.15, 0.2) is 0 Å². The van der Waals surface area contributed by atoms with Crippen molar-refractivity contribution >= 4 is 11.0 Å². The quantitative estimate of drug-likeness (QED) is 0.731. The Labute approximate surface area is 98.1 Å². The molecule has 2 aromatic heterocycles. The minimum Gasteiger partial charge on any atom is -0.464 e. The van der Waals surface area contributed by atoms with E-state index < -0.39 is 6.10 Å². The van der Waals surface area contributed by atoms with E-state index in [1.165, 1.54) is 0 Å². The van der Waals surface area contributed by atoms with Gasteiger partial charge in [0.25, 0.3) is 0 Å². The first-order chi connectivity index (χ1) is 8.25. The third kappa shape index (κ3) is 1.62. The lowest BCUT2D eigenvalue weighted by molar-refractivity contribution is 0.220. The van der Waals surface area contributed by atoms with Crippen molar-refractivity contribution in [2.75, 3.05) is 0 Å². The van der Waals surface area contributed by atoms with Gasteiger partial charge in [-0.25, -0.2) is 0 Å². The van der Waals surface area contributed by atoms with E-state index in [9.17, 15) is 5.11 Å². The number of furan rings is 1. The Hall–Kier alpha value is -2.07. The summed E-state index contributed by atoms with van der Waals surface area (Å²) in [6, 6.07) is 7.66. The third-order valence-electron chi connectivity index (χ3n) is 2.85. The maximum atomic E-state index is 10.3. The van der Waals surface area contributed by atoms with E-state index in [1.807, 2.05) is 31.3 Å². The average Bonchev–Trinajstić information content (AvgIpc) is 2.94. The molecule has 0 radical (unpaired) electrons.